The van der Waals surface area contributed by atoms with Crippen LogP contribution in [-0.4, -0.2) is 39.9 Å². The monoisotopic (exact) mass is 278 g/mol. The molecule has 0 unspecified atom stereocenters. The van der Waals surface area contributed by atoms with Crippen molar-refractivity contribution in [3.63, 3.8) is 0 Å². The highest BCUT2D eigenvalue weighted by atomic mass is 16.2. The third kappa shape index (κ3) is 4.79. The Labute approximate surface area is 121 Å². The number of aryl methyl sites for hydroxylation is 1. The molecule has 0 fully saturated rings. The van der Waals surface area contributed by atoms with Crippen molar-refractivity contribution in [2.24, 2.45) is 0 Å². The van der Waals surface area contributed by atoms with E-state index >= 15 is 0 Å². The molecule has 1 aromatic heterocycles. The highest BCUT2D eigenvalue weighted by Gasteiger charge is 2.17. The minimum Gasteiger partial charge on any atom is -0.368 e. The van der Waals surface area contributed by atoms with E-state index in [2.05, 4.69) is 29.1 Å². The van der Waals surface area contributed by atoms with E-state index in [-0.39, 0.29) is 11.9 Å². The van der Waals surface area contributed by atoms with Crippen LogP contribution in [0.25, 0.3) is 0 Å². The van der Waals surface area contributed by atoms with E-state index in [0.717, 1.165) is 25.9 Å². The van der Waals surface area contributed by atoms with Gasteiger partial charge in [-0.15, -0.1) is 0 Å². The van der Waals surface area contributed by atoms with Gasteiger partial charge in [0, 0.05) is 25.2 Å². The molecule has 20 heavy (non-hydrogen) atoms. The minimum absolute atomic E-state index is 0.00833. The van der Waals surface area contributed by atoms with Gasteiger partial charge < -0.3 is 10.2 Å². The molecule has 1 heterocycles. The first-order valence-corrected chi connectivity index (χ1v) is 7.39. The molecule has 0 aliphatic rings. The molecule has 0 saturated carbocycles. The van der Waals surface area contributed by atoms with E-state index in [1.165, 1.54) is 0 Å². The molecule has 1 rings (SSSR count). The SMILES string of the molecule is CCCN(CCC)C(=O)c1cc(NC(C)C)nc(C)n1. The lowest BCUT2D eigenvalue weighted by molar-refractivity contribution is 0.0749. The predicted octanol–water partition coefficient (Wildman–Crippen LogP) is 2.87. The second-order valence-corrected chi connectivity index (χ2v) is 5.28. The zero-order valence-electron chi connectivity index (χ0n) is 13.2. The topological polar surface area (TPSA) is 58.1 Å². The first-order valence-electron chi connectivity index (χ1n) is 7.39. The summed E-state index contributed by atoms with van der Waals surface area (Å²) in [5, 5.41) is 3.22. The van der Waals surface area contributed by atoms with Crippen LogP contribution >= 0.6 is 0 Å². The van der Waals surface area contributed by atoms with Crippen molar-refractivity contribution in [3.8, 4) is 0 Å². The summed E-state index contributed by atoms with van der Waals surface area (Å²) in [5.41, 5.74) is 0.475. The summed E-state index contributed by atoms with van der Waals surface area (Å²) in [5.74, 6) is 1.32. The molecule has 0 radical (unpaired) electrons. The van der Waals surface area contributed by atoms with Gasteiger partial charge in [0.15, 0.2) is 0 Å². The molecule has 0 aliphatic carbocycles. The van der Waals surface area contributed by atoms with Gasteiger partial charge in [0.2, 0.25) is 0 Å². The number of amides is 1. The number of nitrogens with one attached hydrogen (secondary N) is 1. The third-order valence-electron chi connectivity index (χ3n) is 2.77. The number of carbonyl (C=O) groups is 1. The zero-order valence-corrected chi connectivity index (χ0v) is 13.2. The van der Waals surface area contributed by atoms with Crippen molar-refractivity contribution in [1.29, 1.82) is 0 Å². The molecule has 0 bridgehead atoms. The predicted molar refractivity (Wildman–Crippen MR) is 82.0 cm³/mol. The van der Waals surface area contributed by atoms with Crippen molar-refractivity contribution in [1.82, 2.24) is 14.9 Å². The van der Waals surface area contributed by atoms with Crippen LogP contribution < -0.4 is 5.32 Å². The van der Waals surface area contributed by atoms with Gasteiger partial charge in [-0.2, -0.15) is 0 Å². The number of nitrogens with zero attached hydrogens (tertiary/aromatic N) is 3. The molecule has 5 nitrogen and oxygen atoms in total. The summed E-state index contributed by atoms with van der Waals surface area (Å²) >= 11 is 0. The zero-order chi connectivity index (χ0) is 15.1. The smallest absolute Gasteiger partial charge is 0.272 e. The highest BCUT2D eigenvalue weighted by molar-refractivity contribution is 5.93. The first kappa shape index (κ1) is 16.4. The van der Waals surface area contributed by atoms with Gasteiger partial charge in [-0.25, -0.2) is 9.97 Å². The number of rotatable bonds is 7. The molecule has 1 N–H and O–H groups in total. The summed E-state index contributed by atoms with van der Waals surface area (Å²) in [7, 11) is 0. The van der Waals surface area contributed by atoms with Gasteiger partial charge in [0.25, 0.3) is 5.91 Å². The summed E-state index contributed by atoms with van der Waals surface area (Å²) in [6, 6.07) is 2.02. The summed E-state index contributed by atoms with van der Waals surface area (Å²) < 4.78 is 0. The maximum atomic E-state index is 12.5. The van der Waals surface area contributed by atoms with Crippen LogP contribution in [0, 0.1) is 6.92 Å². The molecule has 0 aliphatic heterocycles. The van der Waals surface area contributed by atoms with Gasteiger partial charge in [-0.05, 0) is 33.6 Å². The number of aromatic nitrogens is 2. The second-order valence-electron chi connectivity index (χ2n) is 5.28. The van der Waals surface area contributed by atoms with E-state index in [4.69, 9.17) is 0 Å². The Balaban J connectivity index is 2.98. The van der Waals surface area contributed by atoms with Gasteiger partial charge in [-0.1, -0.05) is 13.8 Å². The third-order valence-corrected chi connectivity index (χ3v) is 2.77. The fraction of sp³-hybridized carbons (Fsp3) is 0.667. The molecule has 5 heteroatoms. The van der Waals surface area contributed by atoms with Gasteiger partial charge >= 0.3 is 0 Å². The maximum absolute atomic E-state index is 12.5. The van der Waals surface area contributed by atoms with Crippen LogP contribution in [0.3, 0.4) is 0 Å². The fourth-order valence-electron chi connectivity index (χ4n) is 2.06. The molecular formula is C15H26N4O. The normalized spacial score (nSPS) is 10.7. The molecule has 1 amide bonds. The van der Waals surface area contributed by atoms with Crippen molar-refractivity contribution in [2.45, 2.75) is 53.5 Å². The lowest BCUT2D eigenvalue weighted by atomic mass is 10.2. The van der Waals surface area contributed by atoms with Gasteiger partial charge in [0.1, 0.15) is 17.3 Å². The lowest BCUT2D eigenvalue weighted by Crippen LogP contribution is -2.33. The van der Waals surface area contributed by atoms with Crippen LogP contribution in [0.2, 0.25) is 0 Å². The van der Waals surface area contributed by atoms with E-state index in [0.29, 0.717) is 17.3 Å². The van der Waals surface area contributed by atoms with Crippen LogP contribution in [0.4, 0.5) is 5.82 Å². The molecule has 0 saturated heterocycles. The number of hydrogen-bond acceptors (Lipinski definition) is 4. The van der Waals surface area contributed by atoms with E-state index in [1.54, 1.807) is 6.07 Å². The lowest BCUT2D eigenvalue weighted by Gasteiger charge is -2.21. The Morgan fingerprint density at radius 3 is 2.35 bits per heavy atom. The van der Waals surface area contributed by atoms with Crippen LogP contribution in [0.1, 0.15) is 56.8 Å². The van der Waals surface area contributed by atoms with Crippen molar-refractivity contribution < 1.29 is 4.79 Å². The van der Waals surface area contributed by atoms with E-state index in [9.17, 15) is 4.79 Å². The number of carbonyl (C=O) groups excluding carboxylic acids is 1. The average Bonchev–Trinajstić information content (AvgIpc) is 2.36. The minimum atomic E-state index is -0.00833. The van der Waals surface area contributed by atoms with Gasteiger partial charge in [0.05, 0.1) is 0 Å². The molecular weight excluding hydrogens is 252 g/mol. The Kier molecular flexibility index (Phi) is 6.42. The fourth-order valence-corrected chi connectivity index (χ4v) is 2.06. The van der Waals surface area contributed by atoms with E-state index in [1.807, 2.05) is 25.7 Å². The first-order chi connectivity index (χ1) is 9.47. The Hall–Kier alpha value is -1.65. The maximum Gasteiger partial charge on any atom is 0.272 e. The quantitative estimate of drug-likeness (QED) is 0.833. The number of anilines is 1. The van der Waals surface area contributed by atoms with Gasteiger partial charge in [-0.3, -0.25) is 4.79 Å². The summed E-state index contributed by atoms with van der Waals surface area (Å²) in [6.45, 7) is 11.6. The van der Waals surface area contributed by atoms with Crippen LogP contribution in [0.15, 0.2) is 6.07 Å². The molecule has 1 aromatic rings. The Morgan fingerprint density at radius 1 is 1.25 bits per heavy atom. The molecule has 0 spiro atoms. The van der Waals surface area contributed by atoms with E-state index < -0.39 is 0 Å². The molecule has 0 aromatic carbocycles. The van der Waals surface area contributed by atoms with Crippen molar-refractivity contribution >= 4 is 11.7 Å². The largest absolute Gasteiger partial charge is 0.368 e. The average molecular weight is 278 g/mol. The Morgan fingerprint density at radius 2 is 1.85 bits per heavy atom. The van der Waals surface area contributed by atoms with Crippen molar-refractivity contribution in [3.05, 3.63) is 17.6 Å². The second kappa shape index (κ2) is 7.82. The summed E-state index contributed by atoms with van der Waals surface area (Å²) in [6.07, 6.45) is 1.90. The van der Waals surface area contributed by atoms with Crippen molar-refractivity contribution in [2.75, 3.05) is 18.4 Å². The molecule has 0 atom stereocenters. The highest BCUT2D eigenvalue weighted by Crippen LogP contribution is 2.11. The molecule has 112 valence electrons. The summed E-state index contributed by atoms with van der Waals surface area (Å²) in [4.78, 5) is 23.0. The number of hydrogen-bond donors (Lipinski definition) is 1. The van der Waals surface area contributed by atoms with Crippen LogP contribution in [0.5, 0.6) is 0 Å². The van der Waals surface area contributed by atoms with Crippen LogP contribution in [-0.2, 0) is 0 Å². The Bertz CT molecular complexity index is 439. The standard InChI is InChI=1S/C15H26N4O/c1-6-8-19(9-7-2)15(20)13-10-14(16-11(3)4)18-12(5)17-13/h10-11H,6-9H2,1-5H3,(H,16,17,18).